The molecule has 2 nitrogen and oxygen atoms in total. The van der Waals surface area contributed by atoms with Gasteiger partial charge in [0.05, 0.1) is 0 Å². The molecule has 252 valence electrons. The predicted molar refractivity (Wildman–Crippen MR) is 206 cm³/mol. The van der Waals surface area contributed by atoms with E-state index < -0.39 is 0 Å². The van der Waals surface area contributed by atoms with Crippen molar-refractivity contribution in [2.75, 3.05) is 12.4 Å². The van der Waals surface area contributed by atoms with Gasteiger partial charge < -0.3 is 10.4 Å². The van der Waals surface area contributed by atoms with Gasteiger partial charge in [-0.25, -0.2) is 0 Å². The van der Waals surface area contributed by atoms with E-state index in [1.807, 2.05) is 6.07 Å². The Morgan fingerprint density at radius 2 is 1.37 bits per heavy atom. The second-order valence-electron chi connectivity index (χ2n) is 12.0. The van der Waals surface area contributed by atoms with Gasteiger partial charge in [0.25, 0.3) is 0 Å². The van der Waals surface area contributed by atoms with Crippen molar-refractivity contribution in [1.29, 1.82) is 0 Å². The summed E-state index contributed by atoms with van der Waals surface area (Å²) in [4.78, 5) is 0. The second kappa shape index (κ2) is 26.8. The van der Waals surface area contributed by atoms with E-state index in [0.29, 0.717) is 5.92 Å². The molecule has 0 aliphatic heterocycles. The Balaban J connectivity index is 0.000000475. The molecule has 1 saturated carbocycles. The summed E-state index contributed by atoms with van der Waals surface area (Å²) in [6.45, 7) is 13.2. The van der Waals surface area contributed by atoms with Crippen molar-refractivity contribution in [3.63, 3.8) is 0 Å². The van der Waals surface area contributed by atoms with Gasteiger partial charge >= 0.3 is 0 Å². The molecule has 0 aromatic heterocycles. The van der Waals surface area contributed by atoms with Crippen LogP contribution in [-0.2, 0) is 6.42 Å². The Kier molecular flexibility index (Phi) is 23.7. The summed E-state index contributed by atoms with van der Waals surface area (Å²) in [6, 6.07) is 30.0. The van der Waals surface area contributed by atoms with Gasteiger partial charge in [0.15, 0.2) is 0 Å². The van der Waals surface area contributed by atoms with Crippen molar-refractivity contribution in [2.24, 2.45) is 5.92 Å². The first-order valence-electron chi connectivity index (χ1n) is 18.1. The van der Waals surface area contributed by atoms with Crippen molar-refractivity contribution in [3.05, 3.63) is 131 Å². The maximum absolute atomic E-state index is 7.00. The van der Waals surface area contributed by atoms with Gasteiger partial charge in [-0.1, -0.05) is 171 Å². The van der Waals surface area contributed by atoms with Crippen LogP contribution in [0, 0.1) is 12.8 Å². The number of nitrogens with one attached hydrogen (secondary N) is 1. The molecule has 5 rings (SSSR count). The number of hydrogen-bond acceptors (Lipinski definition) is 2. The molecule has 0 radical (unpaired) electrons. The lowest BCUT2D eigenvalue weighted by atomic mass is 9.83. The second-order valence-corrected chi connectivity index (χ2v) is 12.0. The average Bonchev–Trinajstić information content (AvgIpc) is 3.09. The minimum atomic E-state index is 0.620. The standard InChI is InChI=1S/C27H33N.C8H10.C4H8.C4H10.CH4O/c1-4-6-8-16-27(28-24-15-11-12-21(3)19-24)25-18-17-22(5-2)20-26(25)23-13-9-7-10-14-23;1-2-8-6-4-3-5-7-8;1-2-4-3-1;1-3-4-2;1-2/h7,9-19,22,28H,4-6,8,20H2,1-3H3;3-7H,2H2,1H3;1-4H2;3-4H2,1-2H3;2H,1H3/b27-16-;;;;. The molecule has 2 aliphatic carbocycles. The molecule has 0 amide bonds. The van der Waals surface area contributed by atoms with Crippen LogP contribution in [0.1, 0.15) is 122 Å². The first-order valence-corrected chi connectivity index (χ1v) is 18.1. The number of rotatable bonds is 10. The summed E-state index contributed by atoms with van der Waals surface area (Å²) >= 11 is 0. The minimum absolute atomic E-state index is 0.620. The topological polar surface area (TPSA) is 32.3 Å². The molecule has 3 aromatic carbocycles. The Morgan fingerprint density at radius 1 is 0.761 bits per heavy atom. The van der Waals surface area contributed by atoms with Crippen molar-refractivity contribution in [2.45, 2.75) is 119 Å². The third kappa shape index (κ3) is 16.8. The Hall–Kier alpha value is -3.36. The van der Waals surface area contributed by atoms with Gasteiger partial charge in [-0.05, 0) is 79.3 Å². The van der Waals surface area contributed by atoms with E-state index in [1.54, 1.807) is 0 Å². The van der Waals surface area contributed by atoms with Gasteiger partial charge in [0.1, 0.15) is 0 Å². The first kappa shape index (κ1) is 40.7. The molecule has 2 N–H and O–H groups in total. The Labute approximate surface area is 283 Å². The summed E-state index contributed by atoms with van der Waals surface area (Å²) in [5, 5.41) is 10.7. The number of anilines is 1. The van der Waals surface area contributed by atoms with Crippen molar-refractivity contribution >= 4 is 11.3 Å². The third-order valence-electron chi connectivity index (χ3n) is 8.22. The van der Waals surface area contributed by atoms with E-state index in [4.69, 9.17) is 5.11 Å². The van der Waals surface area contributed by atoms with E-state index >= 15 is 0 Å². The SMILES string of the molecule is C1CCC1.CCCC.CCCC/C=C(\Nc1cccc(C)c1)C1=C(c2ccccc2)CC(CC)C=C1.CCc1ccccc1.CO. The number of benzene rings is 3. The molecule has 0 saturated heterocycles. The molecule has 1 atom stereocenters. The van der Waals surface area contributed by atoms with Gasteiger partial charge in [0.2, 0.25) is 0 Å². The molecule has 0 spiro atoms. The van der Waals surface area contributed by atoms with E-state index in [9.17, 15) is 0 Å². The largest absolute Gasteiger partial charge is 0.400 e. The van der Waals surface area contributed by atoms with Crippen LogP contribution < -0.4 is 5.32 Å². The lowest BCUT2D eigenvalue weighted by Gasteiger charge is -2.25. The molecule has 2 aliphatic rings. The average molecular weight is 624 g/mol. The van der Waals surface area contributed by atoms with E-state index in [2.05, 4.69) is 144 Å². The fourth-order valence-corrected chi connectivity index (χ4v) is 4.74. The highest BCUT2D eigenvalue weighted by Gasteiger charge is 2.19. The van der Waals surface area contributed by atoms with Crippen LogP contribution in [0.15, 0.2) is 114 Å². The summed E-state index contributed by atoms with van der Waals surface area (Å²) in [7, 11) is 1.00. The van der Waals surface area contributed by atoms with E-state index in [-0.39, 0.29) is 0 Å². The minimum Gasteiger partial charge on any atom is -0.400 e. The molecular formula is C44H65NO. The van der Waals surface area contributed by atoms with E-state index in [0.717, 1.165) is 32.1 Å². The van der Waals surface area contributed by atoms with E-state index in [1.165, 1.54) is 91.3 Å². The zero-order valence-corrected chi connectivity index (χ0v) is 30.3. The molecule has 0 heterocycles. The monoisotopic (exact) mass is 624 g/mol. The van der Waals surface area contributed by atoms with Crippen LogP contribution in [0.25, 0.3) is 5.57 Å². The van der Waals surface area contributed by atoms with Crippen LogP contribution in [0.5, 0.6) is 0 Å². The lowest BCUT2D eigenvalue weighted by Crippen LogP contribution is -2.10. The highest BCUT2D eigenvalue weighted by molar-refractivity contribution is 5.78. The highest BCUT2D eigenvalue weighted by atomic mass is 16.2. The summed E-state index contributed by atoms with van der Waals surface area (Å²) in [6.07, 6.45) is 22.7. The van der Waals surface area contributed by atoms with Crippen LogP contribution in [0.2, 0.25) is 0 Å². The Morgan fingerprint density at radius 3 is 1.85 bits per heavy atom. The lowest BCUT2D eigenvalue weighted by molar-refractivity contribution is 0.399. The molecular weight excluding hydrogens is 558 g/mol. The van der Waals surface area contributed by atoms with Crippen LogP contribution in [-0.4, -0.2) is 12.2 Å². The van der Waals surface area contributed by atoms with Crippen molar-refractivity contribution in [3.8, 4) is 0 Å². The normalized spacial score (nSPS) is 14.9. The maximum Gasteiger partial charge on any atom is 0.0420 e. The van der Waals surface area contributed by atoms with Crippen LogP contribution >= 0.6 is 0 Å². The van der Waals surface area contributed by atoms with Crippen molar-refractivity contribution in [1.82, 2.24) is 0 Å². The molecule has 1 fully saturated rings. The zero-order valence-electron chi connectivity index (χ0n) is 30.3. The molecule has 3 aromatic rings. The fraction of sp³-hybridized carbons (Fsp3) is 0.455. The first-order chi connectivity index (χ1) is 22.6. The highest BCUT2D eigenvalue weighted by Crippen LogP contribution is 2.36. The fourth-order valence-electron chi connectivity index (χ4n) is 4.74. The summed E-state index contributed by atoms with van der Waals surface area (Å²) in [5.41, 5.74) is 9.23. The third-order valence-corrected chi connectivity index (χ3v) is 8.22. The molecule has 2 heteroatoms. The summed E-state index contributed by atoms with van der Waals surface area (Å²) in [5.74, 6) is 0.620. The Bertz CT molecular complexity index is 1230. The number of hydrogen-bond donors (Lipinski definition) is 2. The zero-order chi connectivity index (χ0) is 33.8. The number of aliphatic hydroxyl groups excluding tert-OH is 1. The number of allylic oxidation sites excluding steroid dienone is 4. The number of aryl methyl sites for hydroxylation is 2. The van der Waals surface area contributed by atoms with Gasteiger partial charge in [0, 0.05) is 24.1 Å². The number of aliphatic hydroxyl groups is 1. The quantitative estimate of drug-likeness (QED) is 0.220. The van der Waals surface area contributed by atoms with Gasteiger partial charge in [-0.15, -0.1) is 0 Å². The smallest absolute Gasteiger partial charge is 0.0420 e. The maximum atomic E-state index is 7.00. The molecule has 1 unspecified atom stereocenters. The summed E-state index contributed by atoms with van der Waals surface area (Å²) < 4.78 is 0. The van der Waals surface area contributed by atoms with Crippen molar-refractivity contribution < 1.29 is 5.11 Å². The molecule has 46 heavy (non-hydrogen) atoms. The predicted octanol–water partition coefficient (Wildman–Crippen LogP) is 13.1. The van der Waals surface area contributed by atoms with Crippen LogP contribution in [0.4, 0.5) is 5.69 Å². The number of unbranched alkanes of at least 4 members (excludes halogenated alkanes) is 3. The van der Waals surface area contributed by atoms with Crippen LogP contribution in [0.3, 0.4) is 0 Å². The van der Waals surface area contributed by atoms with Gasteiger partial charge in [-0.2, -0.15) is 0 Å². The molecule has 0 bridgehead atoms. The van der Waals surface area contributed by atoms with Gasteiger partial charge in [-0.3, -0.25) is 0 Å².